The third-order valence-electron chi connectivity index (χ3n) is 5.74. The summed E-state index contributed by atoms with van der Waals surface area (Å²) < 4.78 is 0. The molecule has 0 aromatic heterocycles. The van der Waals surface area contributed by atoms with Crippen LogP contribution in [0, 0.1) is 5.92 Å². The summed E-state index contributed by atoms with van der Waals surface area (Å²) in [5, 5.41) is 7.19. The van der Waals surface area contributed by atoms with Gasteiger partial charge in [-0.3, -0.25) is 9.59 Å². The normalized spacial score (nSPS) is 25.6. The molecule has 1 saturated heterocycles. The summed E-state index contributed by atoms with van der Waals surface area (Å²) in [5.74, 6) is 0.0428. The van der Waals surface area contributed by atoms with Crippen molar-refractivity contribution in [2.75, 3.05) is 26.2 Å². The maximum atomic E-state index is 12.6. The number of fused-ring (bicyclic) bond motifs is 1. The number of carbonyl (C=O) groups excluding carboxylic acids is 2. The molecule has 3 unspecified atom stereocenters. The van der Waals surface area contributed by atoms with E-state index in [9.17, 15) is 9.59 Å². The van der Waals surface area contributed by atoms with Gasteiger partial charge in [-0.15, -0.1) is 11.8 Å². The van der Waals surface area contributed by atoms with Gasteiger partial charge in [0.25, 0.3) is 5.91 Å². The zero-order valence-corrected chi connectivity index (χ0v) is 18.7. The lowest BCUT2D eigenvalue weighted by molar-refractivity contribution is -0.127. The van der Waals surface area contributed by atoms with Crippen molar-refractivity contribution in [3.63, 3.8) is 0 Å². The molecule has 1 aromatic carbocycles. The molecule has 0 spiro atoms. The van der Waals surface area contributed by atoms with E-state index >= 15 is 0 Å². The first-order valence-electron chi connectivity index (χ1n) is 10.4. The van der Waals surface area contributed by atoms with Gasteiger partial charge >= 0.3 is 0 Å². The second kappa shape index (κ2) is 10.5. The van der Waals surface area contributed by atoms with Crippen molar-refractivity contribution in [2.24, 2.45) is 5.92 Å². The van der Waals surface area contributed by atoms with Crippen LogP contribution in [0.3, 0.4) is 0 Å². The summed E-state index contributed by atoms with van der Waals surface area (Å²) in [7, 11) is 0. The number of benzene rings is 1. The third kappa shape index (κ3) is 6.00. The highest BCUT2D eigenvalue weighted by Crippen LogP contribution is 2.40. The standard InChI is InChI=1S/C22H30ClN3O2S/c1-3-26(4-2)11-10-24-21(27)16-8-9-19-18(14-16)25-22(28)20(29-19)13-15-6-5-7-17(23)12-15/h5-7,12-13,16,18-19H,3-4,8-11,14H2,1-2H3,(H,24,27)(H,25,28)/b20-13+. The molecule has 7 heteroatoms. The monoisotopic (exact) mass is 435 g/mol. The Morgan fingerprint density at radius 2 is 2.14 bits per heavy atom. The molecule has 0 bridgehead atoms. The van der Waals surface area contributed by atoms with Crippen molar-refractivity contribution in [1.29, 1.82) is 0 Å². The van der Waals surface area contributed by atoms with E-state index in [2.05, 4.69) is 29.4 Å². The molecule has 3 rings (SSSR count). The van der Waals surface area contributed by atoms with E-state index < -0.39 is 0 Å². The molecule has 2 N–H and O–H groups in total. The smallest absolute Gasteiger partial charge is 0.257 e. The average molecular weight is 436 g/mol. The molecule has 1 aromatic rings. The van der Waals surface area contributed by atoms with Gasteiger partial charge in [0.1, 0.15) is 0 Å². The SMILES string of the molecule is CCN(CC)CCNC(=O)C1CCC2S/C(=C/c3cccc(Cl)c3)C(=O)NC2C1. The summed E-state index contributed by atoms with van der Waals surface area (Å²) >= 11 is 7.68. The van der Waals surface area contributed by atoms with Crippen LogP contribution in [-0.4, -0.2) is 54.2 Å². The molecule has 1 aliphatic carbocycles. The van der Waals surface area contributed by atoms with Crippen LogP contribution in [0.1, 0.15) is 38.7 Å². The molecule has 2 fully saturated rings. The van der Waals surface area contributed by atoms with Gasteiger partial charge in [0.15, 0.2) is 0 Å². The second-order valence-corrected chi connectivity index (χ2v) is 9.35. The Kier molecular flexibility index (Phi) is 8.04. The van der Waals surface area contributed by atoms with Crippen molar-refractivity contribution in [3.8, 4) is 0 Å². The van der Waals surface area contributed by atoms with E-state index in [0.29, 0.717) is 23.2 Å². The molecule has 1 aliphatic heterocycles. The summed E-state index contributed by atoms with van der Waals surface area (Å²) in [6.45, 7) is 7.80. The van der Waals surface area contributed by atoms with Gasteiger partial charge in [0.05, 0.1) is 4.91 Å². The Balaban J connectivity index is 1.54. The lowest BCUT2D eigenvalue weighted by Crippen LogP contribution is -2.51. The fraction of sp³-hybridized carbons (Fsp3) is 0.545. The molecule has 3 atom stereocenters. The largest absolute Gasteiger partial charge is 0.355 e. The minimum absolute atomic E-state index is 0.0210. The Morgan fingerprint density at radius 1 is 1.34 bits per heavy atom. The summed E-state index contributed by atoms with van der Waals surface area (Å²) in [5.41, 5.74) is 0.926. The number of halogens is 1. The van der Waals surface area contributed by atoms with Crippen LogP contribution in [0.2, 0.25) is 5.02 Å². The number of rotatable bonds is 7. The summed E-state index contributed by atoms with van der Waals surface area (Å²) in [4.78, 5) is 28.2. The highest BCUT2D eigenvalue weighted by molar-refractivity contribution is 8.04. The maximum absolute atomic E-state index is 12.6. The second-order valence-electron chi connectivity index (χ2n) is 7.63. The Morgan fingerprint density at radius 3 is 2.86 bits per heavy atom. The number of amides is 2. The van der Waals surface area contributed by atoms with Crippen molar-refractivity contribution in [3.05, 3.63) is 39.8 Å². The number of hydrogen-bond acceptors (Lipinski definition) is 4. The molecule has 158 valence electrons. The minimum atomic E-state index is -0.0567. The highest BCUT2D eigenvalue weighted by Gasteiger charge is 2.39. The van der Waals surface area contributed by atoms with Gasteiger partial charge in [-0.1, -0.05) is 37.6 Å². The zero-order chi connectivity index (χ0) is 20.8. The molecule has 1 saturated carbocycles. The van der Waals surface area contributed by atoms with E-state index in [0.717, 1.165) is 42.9 Å². The van der Waals surface area contributed by atoms with Crippen LogP contribution >= 0.6 is 23.4 Å². The first-order chi connectivity index (χ1) is 14.0. The predicted octanol–water partition coefficient (Wildman–Crippen LogP) is 3.54. The maximum Gasteiger partial charge on any atom is 0.257 e. The van der Waals surface area contributed by atoms with Crippen LogP contribution < -0.4 is 10.6 Å². The first kappa shape index (κ1) is 22.2. The lowest BCUT2D eigenvalue weighted by atomic mass is 9.84. The Hall–Kier alpha value is -1.50. The average Bonchev–Trinajstić information content (AvgIpc) is 2.71. The van der Waals surface area contributed by atoms with Crippen LogP contribution in [-0.2, 0) is 9.59 Å². The van der Waals surface area contributed by atoms with Crippen LogP contribution in [0.15, 0.2) is 29.2 Å². The molecule has 5 nitrogen and oxygen atoms in total. The number of likely N-dealkylation sites (N-methyl/N-ethyl adjacent to an activating group) is 1. The van der Waals surface area contributed by atoms with Crippen molar-refractivity contribution in [2.45, 2.75) is 44.4 Å². The highest BCUT2D eigenvalue weighted by atomic mass is 35.5. The van der Waals surface area contributed by atoms with E-state index in [1.807, 2.05) is 30.3 Å². The lowest BCUT2D eigenvalue weighted by Gasteiger charge is -2.39. The van der Waals surface area contributed by atoms with Gasteiger partial charge in [0.2, 0.25) is 5.91 Å². The molecular formula is C22H30ClN3O2S. The summed E-state index contributed by atoms with van der Waals surface area (Å²) in [6.07, 6.45) is 4.40. The molecule has 2 amide bonds. The van der Waals surface area contributed by atoms with E-state index in [-0.39, 0.29) is 23.8 Å². The fourth-order valence-corrected chi connectivity index (χ4v) is 5.49. The van der Waals surface area contributed by atoms with E-state index in [1.165, 1.54) is 0 Å². The Bertz CT molecular complexity index is 766. The summed E-state index contributed by atoms with van der Waals surface area (Å²) in [6, 6.07) is 7.55. The minimum Gasteiger partial charge on any atom is -0.355 e. The van der Waals surface area contributed by atoms with E-state index in [4.69, 9.17) is 11.6 Å². The van der Waals surface area contributed by atoms with Crippen LogP contribution in [0.5, 0.6) is 0 Å². The van der Waals surface area contributed by atoms with Gasteiger partial charge in [-0.2, -0.15) is 0 Å². The first-order valence-corrected chi connectivity index (χ1v) is 11.7. The van der Waals surface area contributed by atoms with Gasteiger partial charge in [-0.25, -0.2) is 0 Å². The predicted molar refractivity (Wildman–Crippen MR) is 121 cm³/mol. The van der Waals surface area contributed by atoms with Gasteiger partial charge in [0, 0.05) is 35.3 Å². The molecule has 2 aliphatic rings. The van der Waals surface area contributed by atoms with Crippen LogP contribution in [0.4, 0.5) is 0 Å². The third-order valence-corrected chi connectivity index (χ3v) is 7.40. The van der Waals surface area contributed by atoms with Crippen molar-refractivity contribution in [1.82, 2.24) is 15.5 Å². The topological polar surface area (TPSA) is 61.4 Å². The van der Waals surface area contributed by atoms with Gasteiger partial charge in [-0.05, 0) is 56.1 Å². The van der Waals surface area contributed by atoms with E-state index in [1.54, 1.807) is 11.8 Å². The number of hydrogen-bond donors (Lipinski definition) is 2. The number of nitrogens with zero attached hydrogens (tertiary/aromatic N) is 1. The van der Waals surface area contributed by atoms with Crippen molar-refractivity contribution >= 4 is 41.3 Å². The molecular weight excluding hydrogens is 406 g/mol. The zero-order valence-electron chi connectivity index (χ0n) is 17.1. The Labute approximate surface area is 182 Å². The van der Waals surface area contributed by atoms with Crippen LogP contribution in [0.25, 0.3) is 6.08 Å². The molecule has 29 heavy (non-hydrogen) atoms. The number of nitrogens with one attached hydrogen (secondary N) is 2. The van der Waals surface area contributed by atoms with Crippen molar-refractivity contribution < 1.29 is 9.59 Å². The van der Waals surface area contributed by atoms with Gasteiger partial charge < -0.3 is 15.5 Å². The number of thioether (sulfide) groups is 1. The fourth-order valence-electron chi connectivity index (χ4n) is 4.00. The number of carbonyl (C=O) groups is 2. The quantitative estimate of drug-likeness (QED) is 0.643. The molecule has 1 heterocycles. The molecule has 0 radical (unpaired) electrons.